The topological polar surface area (TPSA) is 49.3 Å². The second-order valence-electron chi connectivity index (χ2n) is 2.38. The molecule has 1 aliphatic rings. The normalized spacial score (nSPS) is 25.0. The van der Waals surface area contributed by atoms with E-state index in [1.54, 1.807) is 0 Å². The maximum atomic E-state index is 10.3. The van der Waals surface area contributed by atoms with E-state index in [-0.39, 0.29) is 36.9 Å². The van der Waals surface area contributed by atoms with E-state index < -0.39 is 5.97 Å². The molecule has 0 bridgehead atoms. The van der Waals surface area contributed by atoms with Crippen molar-refractivity contribution in [2.45, 2.75) is 12.8 Å². The maximum absolute atomic E-state index is 10.3. The third-order valence-corrected chi connectivity index (χ3v) is 1.65. The molecule has 54 valence electrons. The molecule has 0 spiro atoms. The standard InChI is InChI=1S/C6H11NO2.Na.H/c8-6(9)5-2-1-3-7-4-5;;/h5,7H,1-4H2,(H,8,9);;/q;+1;-1. The first-order valence-electron chi connectivity index (χ1n) is 3.24. The Morgan fingerprint density at radius 3 is 2.70 bits per heavy atom. The maximum Gasteiger partial charge on any atom is 1.00 e. The van der Waals surface area contributed by atoms with Gasteiger partial charge in [-0.15, -0.1) is 0 Å². The van der Waals surface area contributed by atoms with Gasteiger partial charge in [0.2, 0.25) is 0 Å². The first-order valence-corrected chi connectivity index (χ1v) is 3.24. The number of piperidine rings is 1. The van der Waals surface area contributed by atoms with Gasteiger partial charge in [-0.05, 0) is 19.4 Å². The Kier molecular flexibility index (Phi) is 5.35. The minimum atomic E-state index is -0.665. The van der Waals surface area contributed by atoms with Gasteiger partial charge < -0.3 is 11.8 Å². The molecule has 1 rings (SSSR count). The molecule has 0 aliphatic carbocycles. The zero-order valence-corrected chi connectivity index (χ0v) is 8.26. The van der Waals surface area contributed by atoms with E-state index in [9.17, 15) is 4.79 Å². The Balaban J connectivity index is 0. The number of carboxylic acid groups (broad SMARTS) is 1. The molecule has 0 radical (unpaired) electrons. The molecule has 0 aromatic rings. The number of hydrogen-bond donors (Lipinski definition) is 2. The van der Waals surface area contributed by atoms with Crippen LogP contribution in [0.4, 0.5) is 0 Å². The van der Waals surface area contributed by atoms with Gasteiger partial charge in [0.1, 0.15) is 0 Å². The van der Waals surface area contributed by atoms with E-state index in [1.807, 2.05) is 0 Å². The van der Waals surface area contributed by atoms with Crippen LogP contribution in [0.2, 0.25) is 0 Å². The minimum absolute atomic E-state index is 0. The molecule has 10 heavy (non-hydrogen) atoms. The molecule has 2 N–H and O–H groups in total. The molecule has 0 aromatic carbocycles. The van der Waals surface area contributed by atoms with Gasteiger partial charge in [0.15, 0.2) is 0 Å². The Hall–Kier alpha value is 0.430. The van der Waals surface area contributed by atoms with Crippen molar-refractivity contribution in [3.8, 4) is 0 Å². The van der Waals surface area contributed by atoms with Crippen LogP contribution in [-0.4, -0.2) is 24.2 Å². The third-order valence-electron chi connectivity index (χ3n) is 1.65. The summed E-state index contributed by atoms with van der Waals surface area (Å²) in [5, 5.41) is 11.5. The van der Waals surface area contributed by atoms with E-state index in [0.717, 1.165) is 19.4 Å². The molecule has 1 fully saturated rings. The van der Waals surface area contributed by atoms with Crippen LogP contribution in [0.1, 0.15) is 14.3 Å². The van der Waals surface area contributed by atoms with Crippen LogP contribution in [0, 0.1) is 5.92 Å². The Morgan fingerprint density at radius 1 is 1.70 bits per heavy atom. The Labute approximate surface area is 84.0 Å². The quantitative estimate of drug-likeness (QED) is 0.400. The first kappa shape index (κ1) is 10.4. The SMILES string of the molecule is O=C(O)C1CCCNC1.[H-].[Na+]. The van der Waals surface area contributed by atoms with Gasteiger partial charge in [-0.3, -0.25) is 4.79 Å². The predicted octanol–water partition coefficient (Wildman–Crippen LogP) is -2.81. The van der Waals surface area contributed by atoms with E-state index in [0.29, 0.717) is 6.54 Å². The van der Waals surface area contributed by atoms with Gasteiger partial charge in [0, 0.05) is 6.54 Å². The molecule has 1 atom stereocenters. The second-order valence-corrected chi connectivity index (χ2v) is 2.38. The van der Waals surface area contributed by atoms with Crippen LogP contribution in [-0.2, 0) is 4.79 Å². The summed E-state index contributed by atoms with van der Waals surface area (Å²) in [6, 6.07) is 0. The van der Waals surface area contributed by atoms with Crippen molar-refractivity contribution in [3.05, 3.63) is 0 Å². The van der Waals surface area contributed by atoms with Gasteiger partial charge >= 0.3 is 35.5 Å². The van der Waals surface area contributed by atoms with Crippen molar-refractivity contribution in [1.29, 1.82) is 0 Å². The van der Waals surface area contributed by atoms with E-state index in [4.69, 9.17) is 5.11 Å². The van der Waals surface area contributed by atoms with Crippen LogP contribution in [0.3, 0.4) is 0 Å². The molecule has 3 nitrogen and oxygen atoms in total. The molecule has 1 saturated heterocycles. The number of aliphatic carboxylic acids is 1. The third kappa shape index (κ3) is 3.01. The summed E-state index contributed by atoms with van der Waals surface area (Å²) in [6.45, 7) is 1.62. The van der Waals surface area contributed by atoms with Gasteiger partial charge in [0.05, 0.1) is 5.92 Å². The predicted molar refractivity (Wildman–Crippen MR) is 34.3 cm³/mol. The van der Waals surface area contributed by atoms with Gasteiger partial charge in [-0.2, -0.15) is 0 Å². The second kappa shape index (κ2) is 5.13. The molecule has 0 amide bonds. The minimum Gasteiger partial charge on any atom is -1.00 e. The molecule has 0 aromatic heterocycles. The van der Waals surface area contributed by atoms with E-state index in [1.165, 1.54) is 0 Å². The zero-order valence-electron chi connectivity index (χ0n) is 7.26. The fourth-order valence-corrected chi connectivity index (χ4v) is 1.06. The summed E-state index contributed by atoms with van der Waals surface area (Å²) in [7, 11) is 0. The zero-order chi connectivity index (χ0) is 6.69. The smallest absolute Gasteiger partial charge is 1.00 e. The molecular formula is C6H12NNaO2. The molecule has 4 heteroatoms. The average Bonchev–Trinajstić information content (AvgIpc) is 1.90. The fraction of sp³-hybridized carbons (Fsp3) is 0.833. The van der Waals surface area contributed by atoms with Gasteiger partial charge in [-0.25, -0.2) is 0 Å². The number of carbonyl (C=O) groups is 1. The van der Waals surface area contributed by atoms with Crippen LogP contribution in [0.25, 0.3) is 0 Å². The summed E-state index contributed by atoms with van der Waals surface area (Å²) in [5.41, 5.74) is 0. The van der Waals surface area contributed by atoms with Crippen LogP contribution >= 0.6 is 0 Å². The van der Waals surface area contributed by atoms with Crippen molar-refractivity contribution in [1.82, 2.24) is 5.32 Å². The first-order chi connectivity index (χ1) is 4.30. The van der Waals surface area contributed by atoms with Crippen molar-refractivity contribution < 1.29 is 40.9 Å². The number of carboxylic acids is 1. The molecule has 1 heterocycles. The van der Waals surface area contributed by atoms with Crippen LogP contribution < -0.4 is 34.9 Å². The van der Waals surface area contributed by atoms with Crippen molar-refractivity contribution in [2.75, 3.05) is 13.1 Å². The fourth-order valence-electron chi connectivity index (χ4n) is 1.06. The van der Waals surface area contributed by atoms with Gasteiger partial charge in [0.25, 0.3) is 0 Å². The summed E-state index contributed by atoms with van der Waals surface area (Å²) >= 11 is 0. The molecule has 1 unspecified atom stereocenters. The van der Waals surface area contributed by atoms with E-state index in [2.05, 4.69) is 5.32 Å². The summed E-state index contributed by atoms with van der Waals surface area (Å²) < 4.78 is 0. The van der Waals surface area contributed by atoms with Crippen molar-refractivity contribution >= 4 is 5.97 Å². The van der Waals surface area contributed by atoms with Crippen LogP contribution in [0.5, 0.6) is 0 Å². The Morgan fingerprint density at radius 2 is 2.40 bits per heavy atom. The molecular weight excluding hydrogens is 141 g/mol. The monoisotopic (exact) mass is 153 g/mol. The Bertz CT molecular complexity index is 117. The van der Waals surface area contributed by atoms with E-state index >= 15 is 0 Å². The summed E-state index contributed by atoms with van der Waals surface area (Å²) in [4.78, 5) is 10.3. The number of hydrogen-bond acceptors (Lipinski definition) is 2. The number of nitrogens with one attached hydrogen (secondary N) is 1. The molecule has 0 saturated carbocycles. The number of rotatable bonds is 1. The van der Waals surface area contributed by atoms with Crippen molar-refractivity contribution in [2.24, 2.45) is 5.92 Å². The van der Waals surface area contributed by atoms with Crippen molar-refractivity contribution in [3.63, 3.8) is 0 Å². The summed E-state index contributed by atoms with van der Waals surface area (Å²) in [5.74, 6) is -0.805. The van der Waals surface area contributed by atoms with Crippen LogP contribution in [0.15, 0.2) is 0 Å². The average molecular weight is 153 g/mol. The van der Waals surface area contributed by atoms with Gasteiger partial charge in [-0.1, -0.05) is 0 Å². The summed E-state index contributed by atoms with van der Waals surface area (Å²) in [6.07, 6.45) is 1.83. The molecule has 1 aliphatic heterocycles. The largest absolute Gasteiger partial charge is 1.00 e.